The summed E-state index contributed by atoms with van der Waals surface area (Å²) in [5.41, 5.74) is 1.34. The van der Waals surface area contributed by atoms with Gasteiger partial charge in [-0.1, -0.05) is 24.3 Å². The summed E-state index contributed by atoms with van der Waals surface area (Å²) < 4.78 is 5.17. The smallest absolute Gasteiger partial charge is 0.344 e. The number of hydrogen-bond donors (Lipinski definition) is 1. The average Bonchev–Trinajstić information content (AvgIpc) is 2.85. The molecular weight excluding hydrogens is 332 g/mol. The van der Waals surface area contributed by atoms with Crippen molar-refractivity contribution in [2.45, 2.75) is 26.9 Å². The Morgan fingerprint density at radius 1 is 1.29 bits per heavy atom. The second-order valence-electron chi connectivity index (χ2n) is 5.38. The highest BCUT2D eigenvalue weighted by molar-refractivity contribution is 6.37. The van der Waals surface area contributed by atoms with Gasteiger partial charge in [-0.3, -0.25) is 4.79 Å². The fourth-order valence-corrected chi connectivity index (χ4v) is 2.28. The number of benzene rings is 1. The summed E-state index contributed by atoms with van der Waals surface area (Å²) in [6.45, 7) is 4.79. The van der Waals surface area contributed by atoms with Crippen molar-refractivity contribution in [2.75, 3.05) is 5.88 Å². The van der Waals surface area contributed by atoms with E-state index < -0.39 is 11.9 Å². The number of amides is 1. The number of allylic oxidation sites excluding steroid dienone is 1. The molecule has 1 N–H and O–H groups in total. The van der Waals surface area contributed by atoms with E-state index in [0.717, 1.165) is 0 Å². The van der Waals surface area contributed by atoms with Gasteiger partial charge in [-0.15, -0.1) is 11.6 Å². The number of hydrogen-bond acceptors (Lipinski definition) is 4. The number of ether oxygens (including phenoxy) is 1. The van der Waals surface area contributed by atoms with E-state index in [1.54, 1.807) is 38.1 Å². The van der Waals surface area contributed by atoms with Gasteiger partial charge in [-0.25, -0.2) is 9.79 Å². The lowest BCUT2D eigenvalue weighted by Crippen LogP contribution is -2.21. The number of alkyl halides is 1. The Morgan fingerprint density at radius 3 is 2.46 bits per heavy atom. The summed E-state index contributed by atoms with van der Waals surface area (Å²) >= 11 is 5.49. The molecule has 24 heavy (non-hydrogen) atoms. The van der Waals surface area contributed by atoms with E-state index in [2.05, 4.69) is 9.98 Å². The van der Waals surface area contributed by atoms with E-state index in [1.165, 1.54) is 6.92 Å². The highest BCUT2D eigenvalue weighted by atomic mass is 35.5. The number of amidine groups is 1. The number of carbonyl (C=O) groups excluding carboxylic acids is 2. The molecule has 0 unspecified atom stereocenters. The second kappa shape index (κ2) is 7.40. The molecule has 0 fully saturated rings. The molecule has 1 aromatic rings. The molecule has 0 saturated carbocycles. The molecule has 126 valence electrons. The van der Waals surface area contributed by atoms with Crippen LogP contribution in [0.5, 0.6) is 0 Å². The monoisotopic (exact) mass is 348 g/mol. The molecule has 0 bridgehead atoms. The molecule has 0 aromatic heterocycles. The van der Waals surface area contributed by atoms with Gasteiger partial charge in [0.15, 0.2) is 5.84 Å². The number of fused-ring (bicyclic) bond motifs is 1. The number of carbonyl (C=O) groups is 2. The largest absolute Gasteiger partial charge is 0.512 e. The Kier molecular flexibility index (Phi) is 5.51. The van der Waals surface area contributed by atoms with Crippen LogP contribution in [-0.2, 0) is 14.3 Å². The third-order valence-electron chi connectivity index (χ3n) is 3.13. The van der Waals surface area contributed by atoms with Crippen LogP contribution >= 0.6 is 11.6 Å². The van der Waals surface area contributed by atoms with Gasteiger partial charge >= 0.3 is 5.97 Å². The fourth-order valence-electron chi connectivity index (χ4n) is 2.22. The van der Waals surface area contributed by atoms with Crippen LogP contribution in [0.2, 0.25) is 0 Å². The summed E-state index contributed by atoms with van der Waals surface area (Å²) in [5, 5.41) is 9.97. The fraction of sp³-hybridized carbons (Fsp3) is 0.294. The summed E-state index contributed by atoms with van der Waals surface area (Å²) in [6, 6.07) is 6.98. The van der Waals surface area contributed by atoms with Crippen molar-refractivity contribution in [1.82, 2.24) is 0 Å². The van der Waals surface area contributed by atoms with Gasteiger partial charge in [-0.2, -0.15) is 4.99 Å². The molecule has 0 saturated heterocycles. The first kappa shape index (κ1) is 17.9. The van der Waals surface area contributed by atoms with Crippen molar-refractivity contribution in [3.63, 3.8) is 0 Å². The van der Waals surface area contributed by atoms with Gasteiger partial charge in [0.05, 0.1) is 11.8 Å². The molecule has 1 heterocycles. The van der Waals surface area contributed by atoms with Crippen LogP contribution in [-0.4, -0.2) is 40.5 Å². The van der Waals surface area contributed by atoms with E-state index in [4.69, 9.17) is 16.3 Å². The van der Waals surface area contributed by atoms with Crippen molar-refractivity contribution in [3.05, 3.63) is 46.7 Å². The third kappa shape index (κ3) is 3.71. The summed E-state index contributed by atoms with van der Waals surface area (Å²) in [6.07, 6.45) is -0.352. The Balaban J connectivity index is 2.58. The van der Waals surface area contributed by atoms with Gasteiger partial charge in [0.25, 0.3) is 5.91 Å². The first-order valence-electron chi connectivity index (χ1n) is 7.32. The zero-order valence-electron chi connectivity index (χ0n) is 13.5. The molecule has 1 aliphatic heterocycles. The van der Waals surface area contributed by atoms with E-state index in [-0.39, 0.29) is 34.9 Å². The maximum absolute atomic E-state index is 12.3. The number of aliphatic hydroxyl groups excluding tert-OH is 1. The second-order valence-corrected chi connectivity index (χ2v) is 5.65. The van der Waals surface area contributed by atoms with Gasteiger partial charge in [-0.05, 0) is 20.8 Å². The molecule has 1 aromatic carbocycles. The van der Waals surface area contributed by atoms with Gasteiger partial charge < -0.3 is 9.84 Å². The first-order valence-corrected chi connectivity index (χ1v) is 7.85. The molecule has 0 atom stereocenters. The number of aliphatic imine (C=N–C) groups is 2. The highest BCUT2D eigenvalue weighted by Gasteiger charge is 2.30. The Labute approximate surface area is 144 Å². The van der Waals surface area contributed by atoms with Crippen LogP contribution in [0.15, 0.2) is 45.6 Å². The van der Waals surface area contributed by atoms with Crippen molar-refractivity contribution in [3.8, 4) is 0 Å². The lowest BCUT2D eigenvalue weighted by molar-refractivity contribution is -0.142. The topological polar surface area (TPSA) is 88.3 Å². The quantitative estimate of drug-likeness (QED) is 0.392. The average molecular weight is 349 g/mol. The molecule has 1 amide bonds. The SMILES string of the molecule is C/C(O)=C(\C(=O)OC(C)C)C1=NC(=NC(=O)CCl)c2ccccc21. The molecule has 1 aliphatic rings. The van der Waals surface area contributed by atoms with E-state index >= 15 is 0 Å². The predicted molar refractivity (Wildman–Crippen MR) is 91.8 cm³/mol. The van der Waals surface area contributed by atoms with Crippen LogP contribution in [0.4, 0.5) is 0 Å². The zero-order valence-corrected chi connectivity index (χ0v) is 14.3. The standard InChI is InChI=1S/C17H17ClN2O4/c1-9(2)24-17(23)14(10(3)21)15-11-6-4-5-7-12(11)16(20-15)19-13(22)8-18/h4-7,9,21H,8H2,1-3H3/b14-10+,19-16?. The number of rotatable bonds is 4. The molecule has 7 heteroatoms. The van der Waals surface area contributed by atoms with E-state index in [9.17, 15) is 14.7 Å². The minimum Gasteiger partial charge on any atom is -0.512 e. The minimum atomic E-state index is -0.691. The normalized spacial score (nSPS) is 15.9. The highest BCUT2D eigenvalue weighted by Crippen LogP contribution is 2.25. The van der Waals surface area contributed by atoms with Gasteiger partial charge in [0.2, 0.25) is 0 Å². The van der Waals surface area contributed by atoms with Crippen molar-refractivity contribution in [2.24, 2.45) is 9.98 Å². The maximum Gasteiger partial charge on any atom is 0.344 e. The van der Waals surface area contributed by atoms with Crippen molar-refractivity contribution < 1.29 is 19.4 Å². The lowest BCUT2D eigenvalue weighted by Gasteiger charge is -2.12. The van der Waals surface area contributed by atoms with Crippen molar-refractivity contribution in [1.29, 1.82) is 0 Å². The van der Waals surface area contributed by atoms with Gasteiger partial charge in [0, 0.05) is 11.1 Å². The van der Waals surface area contributed by atoms with Gasteiger partial charge in [0.1, 0.15) is 17.2 Å². The molecule has 0 aliphatic carbocycles. The van der Waals surface area contributed by atoms with Crippen LogP contribution in [0.25, 0.3) is 0 Å². The first-order chi connectivity index (χ1) is 11.3. The number of esters is 1. The minimum absolute atomic E-state index is 0.0559. The summed E-state index contributed by atoms with van der Waals surface area (Å²) in [4.78, 5) is 32.0. The van der Waals surface area contributed by atoms with Crippen LogP contribution in [0, 0.1) is 0 Å². The summed E-state index contributed by atoms with van der Waals surface area (Å²) in [7, 11) is 0. The number of halogens is 1. The lowest BCUT2D eigenvalue weighted by atomic mass is 9.99. The zero-order chi connectivity index (χ0) is 17.9. The van der Waals surface area contributed by atoms with Crippen LogP contribution in [0.1, 0.15) is 31.9 Å². The number of aliphatic hydroxyl groups is 1. The molecule has 0 radical (unpaired) electrons. The third-order valence-corrected chi connectivity index (χ3v) is 3.36. The molecule has 2 rings (SSSR count). The number of nitrogens with zero attached hydrogens (tertiary/aromatic N) is 2. The maximum atomic E-state index is 12.3. The summed E-state index contributed by atoms with van der Waals surface area (Å²) in [5.74, 6) is -1.57. The predicted octanol–water partition coefficient (Wildman–Crippen LogP) is 2.78. The van der Waals surface area contributed by atoms with Crippen LogP contribution < -0.4 is 0 Å². The Bertz CT molecular complexity index is 775. The van der Waals surface area contributed by atoms with E-state index in [0.29, 0.717) is 11.1 Å². The molecular formula is C17H17ClN2O4. The Morgan fingerprint density at radius 2 is 1.92 bits per heavy atom. The Hall–Kier alpha value is -2.47. The van der Waals surface area contributed by atoms with Crippen molar-refractivity contribution >= 4 is 35.0 Å². The molecule has 6 nitrogen and oxygen atoms in total. The molecule has 0 spiro atoms. The van der Waals surface area contributed by atoms with Crippen LogP contribution in [0.3, 0.4) is 0 Å². The van der Waals surface area contributed by atoms with E-state index in [1.807, 2.05) is 0 Å².